The predicted molar refractivity (Wildman–Crippen MR) is 212 cm³/mol. The van der Waals surface area contributed by atoms with Crippen molar-refractivity contribution in [2.75, 3.05) is 26.1 Å². The SMILES string of the molecule is COc1ccc(C(OC[C@H]2O[C@@H](n3cnc4c(=O)[nH]c(NC(=O)c5ccccc5)nc43)[C@H](OC(=O)OC(C)(C)C)[C@@H]2O)(c2ccccc2)c2ccc(OC)cc2)cc1. The number of H-pyrrole nitrogens is 1. The second-order valence-electron chi connectivity index (χ2n) is 14.5. The highest BCUT2D eigenvalue weighted by molar-refractivity contribution is 6.03. The van der Waals surface area contributed by atoms with Crippen LogP contribution in [-0.2, 0) is 24.5 Å². The molecule has 1 fully saturated rings. The average molecular weight is 790 g/mol. The molecule has 0 saturated carbocycles. The number of nitrogens with zero attached hydrogens (tertiary/aromatic N) is 3. The van der Waals surface area contributed by atoms with Crippen LogP contribution >= 0.6 is 0 Å². The van der Waals surface area contributed by atoms with E-state index in [4.69, 9.17) is 28.4 Å². The fourth-order valence-corrected chi connectivity index (χ4v) is 6.81. The highest BCUT2D eigenvalue weighted by Gasteiger charge is 2.50. The van der Waals surface area contributed by atoms with Gasteiger partial charge in [-0.25, -0.2) is 9.78 Å². The van der Waals surface area contributed by atoms with E-state index in [1.807, 2.05) is 78.9 Å². The Labute approximate surface area is 333 Å². The molecule has 300 valence electrons. The van der Waals surface area contributed by atoms with Crippen molar-refractivity contribution in [1.29, 1.82) is 0 Å². The molecule has 0 radical (unpaired) electrons. The van der Waals surface area contributed by atoms with Gasteiger partial charge in [0.2, 0.25) is 5.95 Å². The number of nitrogens with one attached hydrogen (secondary N) is 2. The van der Waals surface area contributed by atoms with E-state index in [2.05, 4.69) is 20.3 Å². The number of aliphatic hydroxyl groups excluding tert-OH is 1. The van der Waals surface area contributed by atoms with Gasteiger partial charge in [-0.2, -0.15) is 4.98 Å². The van der Waals surface area contributed by atoms with Gasteiger partial charge in [-0.05, 0) is 73.9 Å². The van der Waals surface area contributed by atoms with Crippen LogP contribution < -0.4 is 20.3 Å². The minimum Gasteiger partial charge on any atom is -0.497 e. The Morgan fingerprint density at radius 1 is 0.845 bits per heavy atom. The number of benzene rings is 4. The Balaban J connectivity index is 1.28. The van der Waals surface area contributed by atoms with E-state index in [0.29, 0.717) is 17.1 Å². The lowest BCUT2D eigenvalue weighted by Crippen LogP contribution is -2.41. The van der Waals surface area contributed by atoms with Crippen LogP contribution in [-0.4, -0.2) is 81.4 Å². The first kappa shape index (κ1) is 39.7. The summed E-state index contributed by atoms with van der Waals surface area (Å²) in [6.45, 7) is 4.79. The van der Waals surface area contributed by atoms with Crippen LogP contribution in [0.15, 0.2) is 120 Å². The van der Waals surface area contributed by atoms with Gasteiger partial charge < -0.3 is 33.5 Å². The lowest BCUT2D eigenvalue weighted by atomic mass is 9.80. The maximum absolute atomic E-state index is 13.2. The van der Waals surface area contributed by atoms with Crippen LogP contribution in [0.1, 0.15) is 54.0 Å². The van der Waals surface area contributed by atoms with Gasteiger partial charge in [0.25, 0.3) is 11.5 Å². The van der Waals surface area contributed by atoms with Gasteiger partial charge in [-0.1, -0.05) is 72.8 Å². The minimum atomic E-state index is -1.49. The van der Waals surface area contributed by atoms with Crippen LogP contribution in [0.25, 0.3) is 11.2 Å². The molecule has 4 atom stereocenters. The molecule has 1 saturated heterocycles. The molecular weight excluding hydrogens is 746 g/mol. The lowest BCUT2D eigenvalue weighted by molar-refractivity contribution is -0.0961. The zero-order valence-electron chi connectivity index (χ0n) is 32.4. The molecular formula is C43H43N5O10. The summed E-state index contributed by atoms with van der Waals surface area (Å²) >= 11 is 0. The first-order valence-electron chi connectivity index (χ1n) is 18.4. The highest BCUT2D eigenvalue weighted by Crippen LogP contribution is 2.43. The van der Waals surface area contributed by atoms with Crippen molar-refractivity contribution in [3.05, 3.63) is 148 Å². The summed E-state index contributed by atoms with van der Waals surface area (Å²) in [5.74, 6) is 0.606. The number of methoxy groups -OCH3 is 2. The van der Waals surface area contributed by atoms with Gasteiger partial charge in [-0.15, -0.1) is 0 Å². The van der Waals surface area contributed by atoms with Crippen LogP contribution in [0.2, 0.25) is 0 Å². The number of aliphatic hydroxyl groups is 1. The molecule has 15 heteroatoms. The van der Waals surface area contributed by atoms with Gasteiger partial charge in [0.15, 0.2) is 23.5 Å². The number of aromatic nitrogens is 4. The molecule has 0 aliphatic carbocycles. The number of ether oxygens (including phenoxy) is 6. The van der Waals surface area contributed by atoms with Crippen molar-refractivity contribution >= 4 is 29.2 Å². The first-order chi connectivity index (χ1) is 27.9. The van der Waals surface area contributed by atoms with Crippen molar-refractivity contribution < 1.29 is 43.1 Å². The topological polar surface area (TPSA) is 185 Å². The number of rotatable bonds is 12. The average Bonchev–Trinajstić information content (AvgIpc) is 3.78. The van der Waals surface area contributed by atoms with E-state index in [9.17, 15) is 19.5 Å². The molecule has 2 aromatic heterocycles. The molecule has 0 bridgehead atoms. The van der Waals surface area contributed by atoms with Crippen molar-refractivity contribution in [3.8, 4) is 11.5 Å². The van der Waals surface area contributed by atoms with E-state index >= 15 is 0 Å². The third-order valence-electron chi connectivity index (χ3n) is 9.55. The lowest BCUT2D eigenvalue weighted by Gasteiger charge is -2.37. The van der Waals surface area contributed by atoms with Crippen LogP contribution in [0.4, 0.5) is 10.7 Å². The quantitative estimate of drug-likeness (QED) is 0.0976. The largest absolute Gasteiger partial charge is 0.509 e. The Bertz CT molecular complexity index is 2370. The standard InChI is InChI=1S/C43H43N5O10/c1-42(2,3)58-41(52)57-35-34(49)32(56-39(35)48-25-44-33-36(48)45-40(47-38(33)51)46-37(50)26-12-8-6-9-13-26)24-55-43(27-14-10-7-11-15-27,28-16-20-30(53-4)21-17-28)29-18-22-31(54-5)23-19-29/h6-23,25,32,34-35,39,49H,24H2,1-5H3,(H2,45,46,47,50,51)/t32-,34-,35-,39-/m1/s1. The molecule has 58 heavy (non-hydrogen) atoms. The molecule has 1 aliphatic rings. The number of amides is 1. The van der Waals surface area contributed by atoms with E-state index in [-0.39, 0.29) is 23.7 Å². The van der Waals surface area contributed by atoms with Crippen molar-refractivity contribution in [3.63, 3.8) is 0 Å². The molecule has 7 rings (SSSR count). The summed E-state index contributed by atoms with van der Waals surface area (Å²) in [7, 11) is 3.17. The second-order valence-corrected chi connectivity index (χ2v) is 14.5. The van der Waals surface area contributed by atoms with E-state index < -0.39 is 53.4 Å². The van der Waals surface area contributed by atoms with Crippen LogP contribution in [0, 0.1) is 0 Å². The van der Waals surface area contributed by atoms with Gasteiger partial charge in [0.1, 0.15) is 34.9 Å². The smallest absolute Gasteiger partial charge is 0.497 e. The maximum atomic E-state index is 13.2. The van der Waals surface area contributed by atoms with Crippen LogP contribution in [0.5, 0.6) is 11.5 Å². The minimum absolute atomic E-state index is 0.0150. The zero-order chi connectivity index (χ0) is 41.0. The predicted octanol–water partition coefficient (Wildman–Crippen LogP) is 5.98. The summed E-state index contributed by atoms with van der Waals surface area (Å²) in [5, 5.41) is 14.6. The normalized spacial score (nSPS) is 18.1. The number of anilines is 1. The summed E-state index contributed by atoms with van der Waals surface area (Å²) in [6.07, 6.45) is -5.10. The van der Waals surface area contributed by atoms with Gasteiger partial charge in [0.05, 0.1) is 27.2 Å². The van der Waals surface area contributed by atoms with E-state index in [0.717, 1.165) is 16.7 Å². The van der Waals surface area contributed by atoms with E-state index in [1.54, 1.807) is 65.3 Å². The molecule has 3 N–H and O–H groups in total. The molecule has 0 spiro atoms. The monoisotopic (exact) mass is 789 g/mol. The summed E-state index contributed by atoms with van der Waals surface area (Å²) < 4.78 is 37.1. The Hall–Kier alpha value is -6.55. The second kappa shape index (κ2) is 16.5. The first-order valence-corrected chi connectivity index (χ1v) is 18.4. The number of carbonyl (C=O) groups excluding carboxylic acids is 2. The number of aromatic amines is 1. The molecule has 3 heterocycles. The maximum Gasteiger partial charge on any atom is 0.509 e. The number of fused-ring (bicyclic) bond motifs is 1. The van der Waals surface area contributed by atoms with Gasteiger partial charge in [0, 0.05) is 5.56 Å². The van der Waals surface area contributed by atoms with Gasteiger partial charge >= 0.3 is 6.16 Å². The van der Waals surface area contributed by atoms with Crippen molar-refractivity contribution in [2.24, 2.45) is 0 Å². The molecule has 15 nitrogen and oxygen atoms in total. The van der Waals surface area contributed by atoms with Crippen LogP contribution in [0.3, 0.4) is 0 Å². The summed E-state index contributed by atoms with van der Waals surface area (Å²) in [5.41, 5.74) is -0.364. The molecule has 1 amide bonds. The highest BCUT2D eigenvalue weighted by atomic mass is 16.7. The Morgan fingerprint density at radius 3 is 1.98 bits per heavy atom. The summed E-state index contributed by atoms with van der Waals surface area (Å²) in [6, 6.07) is 32.9. The van der Waals surface area contributed by atoms with Crippen molar-refractivity contribution in [2.45, 2.75) is 56.5 Å². The summed E-state index contributed by atoms with van der Waals surface area (Å²) in [4.78, 5) is 50.7. The number of hydrogen-bond acceptors (Lipinski definition) is 12. The fourth-order valence-electron chi connectivity index (χ4n) is 6.81. The molecule has 1 aliphatic heterocycles. The van der Waals surface area contributed by atoms with E-state index in [1.165, 1.54) is 10.9 Å². The Morgan fingerprint density at radius 2 is 1.41 bits per heavy atom. The zero-order valence-corrected chi connectivity index (χ0v) is 32.4. The van der Waals surface area contributed by atoms with Crippen molar-refractivity contribution in [1.82, 2.24) is 19.5 Å². The number of carbonyl (C=O) groups is 2. The molecule has 0 unspecified atom stereocenters. The molecule has 4 aromatic carbocycles. The number of hydrogen-bond donors (Lipinski definition) is 3. The Kier molecular flexibility index (Phi) is 11.3. The third kappa shape index (κ3) is 8.14. The van der Waals surface area contributed by atoms with Gasteiger partial charge in [-0.3, -0.25) is 24.5 Å². The third-order valence-corrected chi connectivity index (χ3v) is 9.55. The molecule has 6 aromatic rings. The number of imidazole rings is 1. The fraction of sp³-hybridized carbons (Fsp3) is 0.279.